The summed E-state index contributed by atoms with van der Waals surface area (Å²) in [6.45, 7) is 5.11. The van der Waals surface area contributed by atoms with E-state index in [0.717, 1.165) is 35.8 Å². The summed E-state index contributed by atoms with van der Waals surface area (Å²) in [5, 5.41) is 7.50. The van der Waals surface area contributed by atoms with Gasteiger partial charge in [0.2, 0.25) is 5.91 Å². The molecule has 0 fully saturated rings. The van der Waals surface area contributed by atoms with Crippen LogP contribution in [0.3, 0.4) is 0 Å². The molecule has 116 valence electrons. The zero-order valence-electron chi connectivity index (χ0n) is 13.0. The standard InChI is InChI=1S/C17H21N3OS/c1-11(2)15-9-19-17(22-15)10-18-13-6-7-14-12(8-13)4-3-5-16(21)20-14/h6-9,11,18H,3-5,10H2,1-2H3,(H,20,21). The van der Waals surface area contributed by atoms with Crippen LogP contribution in [0.4, 0.5) is 11.4 Å². The number of benzene rings is 1. The quantitative estimate of drug-likeness (QED) is 0.891. The first-order valence-corrected chi connectivity index (χ1v) is 8.54. The Hall–Kier alpha value is -1.88. The normalized spacial score (nSPS) is 14.4. The van der Waals surface area contributed by atoms with E-state index in [4.69, 9.17) is 0 Å². The number of anilines is 2. The van der Waals surface area contributed by atoms with Crippen LogP contribution < -0.4 is 10.6 Å². The van der Waals surface area contributed by atoms with Gasteiger partial charge in [0.25, 0.3) is 0 Å². The van der Waals surface area contributed by atoms with Crippen molar-refractivity contribution in [3.63, 3.8) is 0 Å². The lowest BCUT2D eigenvalue weighted by Gasteiger charge is -2.10. The molecule has 1 amide bonds. The molecular formula is C17H21N3OS. The Kier molecular flexibility index (Phi) is 4.43. The highest BCUT2D eigenvalue weighted by atomic mass is 32.1. The van der Waals surface area contributed by atoms with Crippen molar-refractivity contribution in [1.82, 2.24) is 4.98 Å². The van der Waals surface area contributed by atoms with Crippen molar-refractivity contribution in [3.8, 4) is 0 Å². The zero-order chi connectivity index (χ0) is 15.5. The van der Waals surface area contributed by atoms with Gasteiger partial charge in [0.15, 0.2) is 0 Å². The number of amides is 1. The van der Waals surface area contributed by atoms with Crippen molar-refractivity contribution in [2.45, 2.75) is 45.6 Å². The molecule has 22 heavy (non-hydrogen) atoms. The summed E-state index contributed by atoms with van der Waals surface area (Å²) in [5.74, 6) is 0.644. The number of thiazole rings is 1. The summed E-state index contributed by atoms with van der Waals surface area (Å²) in [6.07, 6.45) is 4.43. The van der Waals surface area contributed by atoms with Gasteiger partial charge in [-0.25, -0.2) is 4.98 Å². The van der Waals surface area contributed by atoms with E-state index >= 15 is 0 Å². The lowest BCUT2D eigenvalue weighted by atomic mass is 10.1. The summed E-state index contributed by atoms with van der Waals surface area (Å²) < 4.78 is 0. The molecule has 0 radical (unpaired) electrons. The Labute approximate surface area is 135 Å². The van der Waals surface area contributed by atoms with Crippen LogP contribution in [-0.4, -0.2) is 10.9 Å². The Morgan fingerprint density at radius 2 is 2.23 bits per heavy atom. The second-order valence-corrected chi connectivity index (χ2v) is 7.09. The summed E-state index contributed by atoms with van der Waals surface area (Å²) >= 11 is 1.76. The molecule has 5 heteroatoms. The number of carbonyl (C=O) groups excluding carboxylic acids is 1. The first-order chi connectivity index (χ1) is 10.6. The number of rotatable bonds is 4. The maximum Gasteiger partial charge on any atom is 0.224 e. The van der Waals surface area contributed by atoms with Gasteiger partial charge in [-0.1, -0.05) is 13.8 Å². The smallest absolute Gasteiger partial charge is 0.224 e. The van der Waals surface area contributed by atoms with Crippen LogP contribution in [0.25, 0.3) is 0 Å². The summed E-state index contributed by atoms with van der Waals surface area (Å²) in [7, 11) is 0. The van der Waals surface area contributed by atoms with Crippen molar-refractivity contribution in [3.05, 3.63) is 39.8 Å². The number of hydrogen-bond donors (Lipinski definition) is 2. The average molecular weight is 315 g/mol. The minimum Gasteiger partial charge on any atom is -0.379 e. The summed E-state index contributed by atoms with van der Waals surface area (Å²) in [6, 6.07) is 6.14. The molecule has 2 heterocycles. The van der Waals surface area contributed by atoms with Crippen molar-refractivity contribution in [1.29, 1.82) is 0 Å². The van der Waals surface area contributed by atoms with Crippen LogP contribution in [0.1, 0.15) is 48.1 Å². The molecule has 3 rings (SSSR count). The van der Waals surface area contributed by atoms with Gasteiger partial charge in [0.1, 0.15) is 5.01 Å². The van der Waals surface area contributed by atoms with Crippen LogP contribution >= 0.6 is 11.3 Å². The molecule has 2 aromatic rings. The monoisotopic (exact) mass is 315 g/mol. The Balaban J connectivity index is 1.68. The van der Waals surface area contributed by atoms with Crippen molar-refractivity contribution in [2.24, 2.45) is 0 Å². The molecular weight excluding hydrogens is 294 g/mol. The fourth-order valence-corrected chi connectivity index (χ4v) is 3.40. The SMILES string of the molecule is CC(C)c1cnc(CNc2ccc3c(c2)CCCC(=O)N3)s1. The van der Waals surface area contributed by atoms with E-state index in [9.17, 15) is 4.79 Å². The maximum absolute atomic E-state index is 11.6. The number of nitrogens with zero attached hydrogens (tertiary/aromatic N) is 1. The first-order valence-electron chi connectivity index (χ1n) is 7.73. The molecule has 0 unspecified atom stereocenters. The molecule has 4 nitrogen and oxygen atoms in total. The van der Waals surface area contributed by atoms with Gasteiger partial charge in [-0.05, 0) is 42.5 Å². The van der Waals surface area contributed by atoms with E-state index in [2.05, 4.69) is 35.5 Å². The predicted octanol–water partition coefficient (Wildman–Crippen LogP) is 4.15. The van der Waals surface area contributed by atoms with Crippen molar-refractivity contribution >= 4 is 28.6 Å². The van der Waals surface area contributed by atoms with E-state index in [-0.39, 0.29) is 5.91 Å². The molecule has 1 aliphatic rings. The van der Waals surface area contributed by atoms with Gasteiger partial charge < -0.3 is 10.6 Å². The highest BCUT2D eigenvalue weighted by molar-refractivity contribution is 7.11. The third-order valence-corrected chi connectivity index (χ3v) is 5.11. The molecule has 0 atom stereocenters. The van der Waals surface area contributed by atoms with Crippen molar-refractivity contribution < 1.29 is 4.79 Å². The fourth-order valence-electron chi connectivity index (χ4n) is 2.54. The topological polar surface area (TPSA) is 54.0 Å². The van der Waals surface area contributed by atoms with Gasteiger partial charge in [-0.15, -0.1) is 11.3 Å². The molecule has 1 aromatic carbocycles. The van der Waals surface area contributed by atoms with Gasteiger partial charge >= 0.3 is 0 Å². The van der Waals surface area contributed by atoms with Crippen LogP contribution in [0.2, 0.25) is 0 Å². The second-order valence-electron chi connectivity index (χ2n) is 5.94. The first kappa shape index (κ1) is 15.0. The number of nitrogens with one attached hydrogen (secondary N) is 2. The summed E-state index contributed by atoms with van der Waals surface area (Å²) in [5.41, 5.74) is 3.23. The third-order valence-electron chi connectivity index (χ3n) is 3.81. The van der Waals surface area contributed by atoms with Gasteiger partial charge in [-0.2, -0.15) is 0 Å². The lowest BCUT2D eigenvalue weighted by molar-refractivity contribution is -0.116. The van der Waals surface area contributed by atoms with Crippen LogP contribution in [0.15, 0.2) is 24.4 Å². The Morgan fingerprint density at radius 1 is 1.36 bits per heavy atom. The second kappa shape index (κ2) is 6.48. The van der Waals surface area contributed by atoms with E-state index < -0.39 is 0 Å². The molecule has 0 saturated heterocycles. The average Bonchev–Trinajstić information content (AvgIpc) is 2.88. The van der Waals surface area contributed by atoms with Crippen molar-refractivity contribution in [2.75, 3.05) is 10.6 Å². The predicted molar refractivity (Wildman–Crippen MR) is 91.5 cm³/mol. The number of fused-ring (bicyclic) bond motifs is 1. The lowest BCUT2D eigenvalue weighted by Crippen LogP contribution is -2.09. The van der Waals surface area contributed by atoms with E-state index in [0.29, 0.717) is 12.3 Å². The highest BCUT2D eigenvalue weighted by Gasteiger charge is 2.13. The maximum atomic E-state index is 11.6. The zero-order valence-corrected chi connectivity index (χ0v) is 13.8. The largest absolute Gasteiger partial charge is 0.379 e. The third kappa shape index (κ3) is 3.47. The number of aryl methyl sites for hydroxylation is 1. The number of carbonyl (C=O) groups is 1. The number of aromatic nitrogens is 1. The minimum atomic E-state index is 0.114. The molecule has 2 N–H and O–H groups in total. The van der Waals surface area contributed by atoms with E-state index in [1.807, 2.05) is 18.3 Å². The fraction of sp³-hybridized carbons (Fsp3) is 0.412. The molecule has 1 aliphatic heterocycles. The summed E-state index contributed by atoms with van der Waals surface area (Å²) in [4.78, 5) is 17.3. The van der Waals surface area contributed by atoms with Gasteiger partial charge in [0, 0.05) is 28.9 Å². The highest BCUT2D eigenvalue weighted by Crippen LogP contribution is 2.26. The number of hydrogen-bond acceptors (Lipinski definition) is 4. The van der Waals surface area contributed by atoms with E-state index in [1.165, 1.54) is 10.4 Å². The van der Waals surface area contributed by atoms with Crippen LogP contribution in [-0.2, 0) is 17.8 Å². The van der Waals surface area contributed by atoms with Crippen LogP contribution in [0, 0.1) is 0 Å². The van der Waals surface area contributed by atoms with Crippen LogP contribution in [0.5, 0.6) is 0 Å². The molecule has 1 aromatic heterocycles. The molecule has 0 saturated carbocycles. The van der Waals surface area contributed by atoms with Gasteiger partial charge in [-0.3, -0.25) is 4.79 Å². The van der Waals surface area contributed by atoms with Gasteiger partial charge in [0.05, 0.1) is 6.54 Å². The van der Waals surface area contributed by atoms with E-state index in [1.54, 1.807) is 11.3 Å². The Bertz CT molecular complexity index is 678. The Morgan fingerprint density at radius 3 is 3.00 bits per heavy atom. The minimum absolute atomic E-state index is 0.114. The molecule has 0 spiro atoms. The molecule has 0 bridgehead atoms. The molecule has 0 aliphatic carbocycles.